The molecule has 0 aliphatic rings. The molecule has 0 aliphatic carbocycles. The summed E-state index contributed by atoms with van der Waals surface area (Å²) in [6.45, 7) is 5.84. The number of carbonyl (C=O) groups is 1. The van der Waals surface area contributed by atoms with Crippen LogP contribution in [-0.4, -0.2) is 15.6 Å². The molecule has 1 heterocycles. The van der Waals surface area contributed by atoms with Crippen LogP contribution in [0, 0.1) is 19.7 Å². The van der Waals surface area contributed by atoms with Gasteiger partial charge in [-0.2, -0.15) is 5.10 Å². The zero-order valence-electron chi connectivity index (χ0n) is 11.4. The van der Waals surface area contributed by atoms with Gasteiger partial charge >= 0.3 is 0 Å². The first kappa shape index (κ1) is 13.5. The van der Waals surface area contributed by atoms with Gasteiger partial charge in [-0.05, 0) is 19.9 Å². The summed E-state index contributed by atoms with van der Waals surface area (Å²) in [5.41, 5.74) is 2.75. The highest BCUT2D eigenvalue weighted by atomic mass is 19.1. The van der Waals surface area contributed by atoms with E-state index in [2.05, 4.69) is 5.10 Å². The molecule has 0 bridgehead atoms. The summed E-state index contributed by atoms with van der Waals surface area (Å²) in [5, 5.41) is 4.34. The molecule has 0 saturated carbocycles. The molecule has 0 amide bonds. The lowest BCUT2D eigenvalue weighted by Gasteiger charge is -2.06. The van der Waals surface area contributed by atoms with Gasteiger partial charge in [-0.1, -0.05) is 25.1 Å². The second-order valence-electron chi connectivity index (χ2n) is 4.57. The van der Waals surface area contributed by atoms with E-state index in [9.17, 15) is 9.18 Å². The van der Waals surface area contributed by atoms with Gasteiger partial charge in [0.1, 0.15) is 5.82 Å². The summed E-state index contributed by atoms with van der Waals surface area (Å²) in [6.07, 6.45) is 0.451. The predicted octanol–water partition coefficient (Wildman–Crippen LogP) is 3.28. The van der Waals surface area contributed by atoms with Gasteiger partial charge in [0.05, 0.1) is 17.8 Å². The van der Waals surface area contributed by atoms with Gasteiger partial charge in [0.2, 0.25) is 0 Å². The maximum Gasteiger partial charge on any atom is 0.166 e. The van der Waals surface area contributed by atoms with Gasteiger partial charge in [-0.3, -0.25) is 9.48 Å². The van der Waals surface area contributed by atoms with Crippen LogP contribution >= 0.6 is 0 Å². The molecule has 0 aliphatic heterocycles. The molecule has 0 fully saturated rings. The van der Waals surface area contributed by atoms with E-state index in [4.69, 9.17) is 0 Å². The maximum absolute atomic E-state index is 13.6. The molecule has 0 unspecified atom stereocenters. The average Bonchev–Trinajstić information content (AvgIpc) is 2.66. The van der Waals surface area contributed by atoms with E-state index >= 15 is 0 Å². The Bertz CT molecular complexity index is 617. The van der Waals surface area contributed by atoms with Crippen molar-refractivity contribution in [1.82, 2.24) is 9.78 Å². The molecule has 2 rings (SSSR count). The third-order valence-corrected chi connectivity index (χ3v) is 3.26. The average molecular weight is 260 g/mol. The number of aromatic nitrogens is 2. The largest absolute Gasteiger partial charge is 0.294 e. The summed E-state index contributed by atoms with van der Waals surface area (Å²) >= 11 is 0. The SMILES string of the molecule is CCC(=O)c1c(C)nn(Cc2ccccc2F)c1C. The highest BCUT2D eigenvalue weighted by Gasteiger charge is 2.17. The lowest BCUT2D eigenvalue weighted by atomic mass is 10.1. The van der Waals surface area contributed by atoms with E-state index in [0.29, 0.717) is 29.8 Å². The molecule has 100 valence electrons. The van der Waals surface area contributed by atoms with Crippen LogP contribution in [-0.2, 0) is 6.54 Å². The first-order valence-corrected chi connectivity index (χ1v) is 6.35. The third kappa shape index (κ3) is 2.57. The monoisotopic (exact) mass is 260 g/mol. The third-order valence-electron chi connectivity index (χ3n) is 3.26. The van der Waals surface area contributed by atoms with Crippen LogP contribution in [0.4, 0.5) is 4.39 Å². The van der Waals surface area contributed by atoms with E-state index in [1.807, 2.05) is 20.8 Å². The number of hydrogen-bond acceptors (Lipinski definition) is 2. The minimum Gasteiger partial charge on any atom is -0.294 e. The van der Waals surface area contributed by atoms with Crippen molar-refractivity contribution in [1.29, 1.82) is 0 Å². The van der Waals surface area contributed by atoms with E-state index in [0.717, 1.165) is 5.69 Å². The topological polar surface area (TPSA) is 34.9 Å². The number of hydrogen-bond donors (Lipinski definition) is 0. The summed E-state index contributed by atoms with van der Waals surface area (Å²) in [4.78, 5) is 11.9. The predicted molar refractivity (Wildman–Crippen MR) is 71.8 cm³/mol. The highest BCUT2D eigenvalue weighted by Crippen LogP contribution is 2.17. The van der Waals surface area contributed by atoms with Gasteiger partial charge in [0.15, 0.2) is 5.78 Å². The van der Waals surface area contributed by atoms with E-state index in [-0.39, 0.29) is 11.6 Å². The van der Waals surface area contributed by atoms with Crippen molar-refractivity contribution in [3.63, 3.8) is 0 Å². The van der Waals surface area contributed by atoms with Crippen molar-refractivity contribution in [2.75, 3.05) is 0 Å². The Hall–Kier alpha value is -1.97. The van der Waals surface area contributed by atoms with Gasteiger partial charge < -0.3 is 0 Å². The number of Topliss-reactive ketones (excluding diaryl/α,β-unsaturated/α-hetero) is 1. The minimum atomic E-state index is -0.251. The fourth-order valence-corrected chi connectivity index (χ4v) is 2.22. The van der Waals surface area contributed by atoms with Gasteiger partial charge in [0, 0.05) is 17.7 Å². The second-order valence-corrected chi connectivity index (χ2v) is 4.57. The Morgan fingerprint density at radius 2 is 2.00 bits per heavy atom. The molecular weight excluding hydrogens is 243 g/mol. The number of carbonyl (C=O) groups excluding carboxylic acids is 1. The Morgan fingerprint density at radius 1 is 1.32 bits per heavy atom. The van der Waals surface area contributed by atoms with Crippen molar-refractivity contribution < 1.29 is 9.18 Å². The van der Waals surface area contributed by atoms with Crippen molar-refractivity contribution in [3.8, 4) is 0 Å². The Balaban J connectivity index is 2.38. The molecule has 0 radical (unpaired) electrons. The summed E-state index contributed by atoms with van der Waals surface area (Å²) in [7, 11) is 0. The van der Waals surface area contributed by atoms with Crippen LogP contribution in [0.25, 0.3) is 0 Å². The second kappa shape index (κ2) is 5.34. The molecule has 0 saturated heterocycles. The summed E-state index contributed by atoms with van der Waals surface area (Å²) < 4.78 is 15.3. The van der Waals surface area contributed by atoms with Crippen molar-refractivity contribution in [2.45, 2.75) is 33.7 Å². The Kier molecular flexibility index (Phi) is 3.79. The normalized spacial score (nSPS) is 10.7. The molecule has 19 heavy (non-hydrogen) atoms. The van der Waals surface area contributed by atoms with E-state index in [1.165, 1.54) is 6.07 Å². The highest BCUT2D eigenvalue weighted by molar-refractivity contribution is 5.97. The van der Waals surface area contributed by atoms with Crippen LogP contribution in [0.2, 0.25) is 0 Å². The van der Waals surface area contributed by atoms with Gasteiger partial charge in [-0.15, -0.1) is 0 Å². The number of benzene rings is 1. The van der Waals surface area contributed by atoms with Crippen LogP contribution in [0.3, 0.4) is 0 Å². The van der Waals surface area contributed by atoms with Gasteiger partial charge in [0.25, 0.3) is 0 Å². The number of aryl methyl sites for hydroxylation is 1. The first-order chi connectivity index (χ1) is 9.04. The summed E-state index contributed by atoms with van der Waals surface area (Å²) in [6, 6.07) is 6.61. The molecule has 4 heteroatoms. The number of halogens is 1. The molecule has 0 spiro atoms. The molecule has 0 N–H and O–H groups in total. The van der Waals surface area contributed by atoms with Crippen molar-refractivity contribution in [2.24, 2.45) is 0 Å². The lowest BCUT2D eigenvalue weighted by molar-refractivity contribution is 0.0987. The Labute approximate surface area is 112 Å². The van der Waals surface area contributed by atoms with Crippen molar-refractivity contribution in [3.05, 3.63) is 52.6 Å². The molecule has 1 aromatic heterocycles. The number of nitrogens with zero attached hydrogens (tertiary/aromatic N) is 2. The smallest absolute Gasteiger partial charge is 0.166 e. The molecular formula is C15H17FN2O. The minimum absolute atomic E-state index is 0.0785. The van der Waals surface area contributed by atoms with E-state index in [1.54, 1.807) is 22.9 Å². The van der Waals surface area contributed by atoms with E-state index < -0.39 is 0 Å². The standard InChI is InChI=1S/C15H17FN2O/c1-4-14(19)15-10(2)17-18(11(15)3)9-12-7-5-6-8-13(12)16/h5-8H,4,9H2,1-3H3. The number of rotatable bonds is 4. The van der Waals surface area contributed by atoms with Crippen LogP contribution in [0.15, 0.2) is 24.3 Å². The van der Waals surface area contributed by atoms with Crippen LogP contribution in [0.1, 0.15) is 40.7 Å². The first-order valence-electron chi connectivity index (χ1n) is 6.35. The van der Waals surface area contributed by atoms with Crippen LogP contribution in [0.5, 0.6) is 0 Å². The zero-order chi connectivity index (χ0) is 14.0. The molecule has 3 nitrogen and oxygen atoms in total. The maximum atomic E-state index is 13.6. The quantitative estimate of drug-likeness (QED) is 0.791. The fourth-order valence-electron chi connectivity index (χ4n) is 2.22. The zero-order valence-corrected chi connectivity index (χ0v) is 11.4. The molecule has 0 atom stereocenters. The number of ketones is 1. The molecule has 1 aromatic carbocycles. The molecule has 2 aromatic rings. The summed E-state index contributed by atoms with van der Waals surface area (Å²) in [5.74, 6) is -0.173. The lowest BCUT2D eigenvalue weighted by Crippen LogP contribution is -2.07. The van der Waals surface area contributed by atoms with Gasteiger partial charge in [-0.25, -0.2) is 4.39 Å². The van der Waals surface area contributed by atoms with Crippen LogP contribution < -0.4 is 0 Å². The fraction of sp³-hybridized carbons (Fsp3) is 0.333. The Morgan fingerprint density at radius 3 is 2.63 bits per heavy atom. The van der Waals surface area contributed by atoms with Crippen molar-refractivity contribution >= 4 is 5.78 Å².